The van der Waals surface area contributed by atoms with E-state index in [1.54, 1.807) is 6.92 Å². The summed E-state index contributed by atoms with van der Waals surface area (Å²) in [6.07, 6.45) is 2.35. The van der Waals surface area contributed by atoms with E-state index < -0.39 is 0 Å². The van der Waals surface area contributed by atoms with Crippen molar-refractivity contribution in [3.63, 3.8) is 0 Å². The lowest BCUT2D eigenvalue weighted by Crippen LogP contribution is -2.39. The van der Waals surface area contributed by atoms with E-state index in [2.05, 4.69) is 17.2 Å². The Bertz CT molecular complexity index is 248. The molecule has 1 N–H and O–H groups in total. The van der Waals surface area contributed by atoms with Gasteiger partial charge in [0.15, 0.2) is 0 Å². The van der Waals surface area contributed by atoms with Gasteiger partial charge >= 0.3 is 0 Å². The Hall–Kier alpha value is -1.01. The molecule has 3 heteroatoms. The maximum absolute atomic E-state index is 11.6. The Morgan fingerprint density at radius 1 is 1.57 bits per heavy atom. The zero-order valence-corrected chi connectivity index (χ0v) is 8.97. The molecule has 0 unspecified atom stereocenters. The molecule has 14 heavy (non-hydrogen) atoms. The van der Waals surface area contributed by atoms with Crippen molar-refractivity contribution in [2.75, 3.05) is 19.6 Å². The first-order valence-corrected chi connectivity index (χ1v) is 5.19. The third kappa shape index (κ3) is 3.39. The topological polar surface area (TPSA) is 32.3 Å². The molecule has 0 radical (unpaired) electrons. The Morgan fingerprint density at radius 3 is 2.79 bits per heavy atom. The number of carbonyl (C=O) groups excluding carboxylic acids is 1. The van der Waals surface area contributed by atoms with E-state index in [0.717, 1.165) is 6.54 Å². The lowest BCUT2D eigenvalue weighted by molar-refractivity contribution is -0.130. The van der Waals surface area contributed by atoms with Crippen LogP contribution in [0.4, 0.5) is 0 Å². The van der Waals surface area contributed by atoms with Gasteiger partial charge in [0.2, 0.25) is 5.91 Å². The minimum absolute atomic E-state index is 0.202. The van der Waals surface area contributed by atoms with E-state index in [4.69, 9.17) is 0 Å². The van der Waals surface area contributed by atoms with Gasteiger partial charge in [-0.25, -0.2) is 0 Å². The van der Waals surface area contributed by atoms with Gasteiger partial charge in [0.1, 0.15) is 0 Å². The number of likely N-dealkylation sites (N-methyl/N-ethyl adjacent to an activating group) is 1. The van der Waals surface area contributed by atoms with E-state index in [0.29, 0.717) is 19.1 Å². The monoisotopic (exact) mass is 194 g/mol. The number of nitrogens with zero attached hydrogens (tertiary/aromatic N) is 1. The highest BCUT2D eigenvalue weighted by Gasteiger charge is 2.30. The number of amides is 1. The van der Waals surface area contributed by atoms with Crippen LogP contribution in [-0.4, -0.2) is 36.5 Å². The second-order valence-corrected chi connectivity index (χ2v) is 3.44. The first kappa shape index (κ1) is 11.1. The van der Waals surface area contributed by atoms with E-state index in [1.165, 1.54) is 12.8 Å². The smallest absolute Gasteiger partial charge is 0.236 e. The lowest BCUT2D eigenvalue weighted by atomic mass is 10.4. The van der Waals surface area contributed by atoms with Crippen LogP contribution in [0.3, 0.4) is 0 Å². The van der Waals surface area contributed by atoms with Crippen molar-refractivity contribution in [1.82, 2.24) is 10.2 Å². The molecule has 0 aromatic rings. The van der Waals surface area contributed by atoms with Crippen molar-refractivity contribution in [1.29, 1.82) is 0 Å². The molecule has 1 rings (SSSR count). The van der Waals surface area contributed by atoms with Crippen LogP contribution in [0.15, 0.2) is 0 Å². The minimum atomic E-state index is 0.202. The second kappa shape index (κ2) is 5.66. The zero-order chi connectivity index (χ0) is 10.4. The number of hydrogen-bond donors (Lipinski definition) is 1. The molecule has 1 saturated carbocycles. The van der Waals surface area contributed by atoms with Gasteiger partial charge in [0.25, 0.3) is 0 Å². The fourth-order valence-corrected chi connectivity index (χ4v) is 1.45. The van der Waals surface area contributed by atoms with Gasteiger partial charge in [-0.3, -0.25) is 10.1 Å². The van der Waals surface area contributed by atoms with Gasteiger partial charge in [0.05, 0.1) is 13.1 Å². The standard InChI is InChI=1S/C11H18N2O/c1-3-5-8-12-9-11(14)13(4-2)10-6-7-10/h10,12H,4,6-9H2,1-2H3. The summed E-state index contributed by atoms with van der Waals surface area (Å²) in [5.74, 6) is 5.86. The maximum atomic E-state index is 11.6. The molecule has 0 atom stereocenters. The van der Waals surface area contributed by atoms with Crippen molar-refractivity contribution in [2.24, 2.45) is 0 Å². The highest BCUT2D eigenvalue weighted by atomic mass is 16.2. The lowest BCUT2D eigenvalue weighted by Gasteiger charge is -2.20. The molecular formula is C11H18N2O. The first-order valence-electron chi connectivity index (χ1n) is 5.19. The molecular weight excluding hydrogens is 176 g/mol. The Balaban J connectivity index is 2.20. The quantitative estimate of drug-likeness (QED) is 0.514. The summed E-state index contributed by atoms with van der Waals surface area (Å²) < 4.78 is 0. The van der Waals surface area contributed by atoms with Crippen molar-refractivity contribution < 1.29 is 4.79 Å². The molecule has 0 aromatic carbocycles. The predicted molar refractivity (Wildman–Crippen MR) is 56.7 cm³/mol. The molecule has 1 aliphatic carbocycles. The molecule has 78 valence electrons. The van der Waals surface area contributed by atoms with Crippen LogP contribution in [0.1, 0.15) is 26.7 Å². The van der Waals surface area contributed by atoms with Crippen LogP contribution in [0.5, 0.6) is 0 Å². The summed E-state index contributed by atoms with van der Waals surface area (Å²) in [4.78, 5) is 13.6. The zero-order valence-electron chi connectivity index (χ0n) is 8.97. The van der Waals surface area contributed by atoms with E-state index in [-0.39, 0.29) is 5.91 Å². The van der Waals surface area contributed by atoms with E-state index >= 15 is 0 Å². The SMILES string of the molecule is CC#CCNCC(=O)N(CC)C1CC1. The summed E-state index contributed by atoms with van der Waals surface area (Å²) in [6.45, 7) is 5.67. The van der Waals surface area contributed by atoms with Crippen molar-refractivity contribution in [3.05, 3.63) is 0 Å². The molecule has 0 saturated heterocycles. The highest BCUT2D eigenvalue weighted by Crippen LogP contribution is 2.26. The summed E-state index contributed by atoms with van der Waals surface area (Å²) in [6, 6.07) is 0.520. The predicted octanol–water partition coefficient (Wildman–Crippen LogP) is 0.610. The highest BCUT2D eigenvalue weighted by molar-refractivity contribution is 5.78. The van der Waals surface area contributed by atoms with Gasteiger partial charge in [-0.15, -0.1) is 5.92 Å². The number of rotatable bonds is 5. The average Bonchev–Trinajstić information content (AvgIpc) is 2.98. The molecule has 1 aliphatic rings. The third-order valence-electron chi connectivity index (χ3n) is 2.32. The maximum Gasteiger partial charge on any atom is 0.236 e. The normalized spacial score (nSPS) is 14.4. The Kier molecular flexibility index (Phi) is 4.48. The number of nitrogens with one attached hydrogen (secondary N) is 1. The van der Waals surface area contributed by atoms with Crippen LogP contribution in [0.2, 0.25) is 0 Å². The van der Waals surface area contributed by atoms with Crippen molar-refractivity contribution >= 4 is 5.91 Å². The second-order valence-electron chi connectivity index (χ2n) is 3.44. The van der Waals surface area contributed by atoms with E-state index in [9.17, 15) is 4.79 Å². The summed E-state index contributed by atoms with van der Waals surface area (Å²) in [7, 11) is 0. The first-order chi connectivity index (χ1) is 6.79. The average molecular weight is 194 g/mol. The van der Waals surface area contributed by atoms with Gasteiger partial charge in [-0.1, -0.05) is 5.92 Å². The summed E-state index contributed by atoms with van der Waals surface area (Å²) >= 11 is 0. The largest absolute Gasteiger partial charge is 0.339 e. The minimum Gasteiger partial charge on any atom is -0.339 e. The molecule has 0 heterocycles. The molecule has 0 spiro atoms. The number of carbonyl (C=O) groups is 1. The van der Waals surface area contributed by atoms with Crippen molar-refractivity contribution in [3.8, 4) is 11.8 Å². The van der Waals surface area contributed by atoms with Crippen LogP contribution in [0.25, 0.3) is 0 Å². The van der Waals surface area contributed by atoms with Crippen LogP contribution in [0, 0.1) is 11.8 Å². The molecule has 1 fully saturated rings. The van der Waals surface area contributed by atoms with Crippen LogP contribution in [-0.2, 0) is 4.79 Å². The van der Waals surface area contributed by atoms with Gasteiger partial charge in [-0.2, -0.15) is 0 Å². The van der Waals surface area contributed by atoms with Crippen LogP contribution >= 0.6 is 0 Å². The molecule has 0 aromatic heterocycles. The molecule has 1 amide bonds. The Labute approximate surface area is 85.9 Å². The molecule has 0 aliphatic heterocycles. The van der Waals surface area contributed by atoms with Crippen LogP contribution < -0.4 is 5.32 Å². The van der Waals surface area contributed by atoms with Crippen molar-refractivity contribution in [2.45, 2.75) is 32.7 Å². The third-order valence-corrected chi connectivity index (χ3v) is 2.32. The van der Waals surface area contributed by atoms with Gasteiger partial charge in [-0.05, 0) is 26.7 Å². The fourth-order valence-electron chi connectivity index (χ4n) is 1.45. The number of hydrogen-bond acceptors (Lipinski definition) is 2. The summed E-state index contributed by atoms with van der Waals surface area (Å²) in [5.41, 5.74) is 0. The van der Waals surface area contributed by atoms with E-state index in [1.807, 2.05) is 11.8 Å². The van der Waals surface area contributed by atoms with Gasteiger partial charge < -0.3 is 4.90 Å². The summed E-state index contributed by atoms with van der Waals surface area (Å²) in [5, 5.41) is 3.02. The Morgan fingerprint density at radius 2 is 2.29 bits per heavy atom. The molecule has 0 bridgehead atoms. The van der Waals surface area contributed by atoms with Gasteiger partial charge in [0, 0.05) is 12.6 Å². The fraction of sp³-hybridized carbons (Fsp3) is 0.727. The molecule has 3 nitrogen and oxygen atoms in total.